The van der Waals surface area contributed by atoms with E-state index in [0.29, 0.717) is 17.9 Å². The molecule has 0 spiro atoms. The molecule has 1 atom stereocenters. The molecule has 0 saturated carbocycles. The highest BCUT2D eigenvalue weighted by Gasteiger charge is 2.30. The Morgan fingerprint density at radius 3 is 1.91 bits per heavy atom. The number of rotatable bonds is 8. The molecule has 0 fully saturated rings. The number of para-hydroxylation sites is 1. The van der Waals surface area contributed by atoms with Crippen LogP contribution in [0.15, 0.2) is 109 Å². The van der Waals surface area contributed by atoms with Crippen LogP contribution in [-0.4, -0.2) is 5.91 Å². The molecule has 0 aromatic heterocycles. The average molecular weight is 476 g/mol. The van der Waals surface area contributed by atoms with Gasteiger partial charge in [-0.05, 0) is 72.0 Å². The summed E-state index contributed by atoms with van der Waals surface area (Å²) in [5.41, 5.74) is 1.63. The number of hydrogen-bond donors (Lipinski definition) is 1. The van der Waals surface area contributed by atoms with Gasteiger partial charge in [-0.25, -0.2) is 0 Å². The molecule has 0 saturated heterocycles. The third kappa shape index (κ3) is 6.96. The van der Waals surface area contributed by atoms with Gasteiger partial charge >= 0.3 is 6.18 Å². The number of nitrogens with one attached hydrogen (secondary N) is 1. The number of halogens is 3. The zero-order valence-electron chi connectivity index (χ0n) is 18.8. The summed E-state index contributed by atoms with van der Waals surface area (Å²) in [7, 11) is 0. The number of ether oxygens (including phenoxy) is 1. The van der Waals surface area contributed by atoms with E-state index in [1.165, 1.54) is 12.1 Å². The summed E-state index contributed by atoms with van der Waals surface area (Å²) < 4.78 is 44.3. The molecule has 1 N–H and O–H groups in total. The van der Waals surface area contributed by atoms with Crippen molar-refractivity contribution in [3.05, 3.63) is 126 Å². The summed E-state index contributed by atoms with van der Waals surface area (Å²) in [5, 5.41) is 2.72. The van der Waals surface area contributed by atoms with Gasteiger partial charge in [0.25, 0.3) is 0 Å². The van der Waals surface area contributed by atoms with Gasteiger partial charge in [-0.2, -0.15) is 13.2 Å². The summed E-state index contributed by atoms with van der Waals surface area (Å²) in [4.78, 5) is 12.8. The summed E-state index contributed by atoms with van der Waals surface area (Å²) >= 11 is 0. The molecular formula is C29H24F3NO2. The highest BCUT2D eigenvalue weighted by molar-refractivity contribution is 5.91. The molecular weight excluding hydrogens is 451 g/mol. The Morgan fingerprint density at radius 1 is 0.743 bits per heavy atom. The highest BCUT2D eigenvalue weighted by atomic mass is 19.4. The second kappa shape index (κ2) is 10.9. The Hall–Kier alpha value is -4.06. The van der Waals surface area contributed by atoms with Crippen LogP contribution in [0, 0.1) is 0 Å². The standard InChI is InChI=1S/C29H24F3NO2/c30-29(31,32)24-13-15-25(16-14-24)33-28(34)20-23(19-21-7-3-1-4-8-21)22-11-17-27(18-12-22)35-26-9-5-2-6-10-26/h1-18,23H,19-20H2,(H,33,34). The molecule has 178 valence electrons. The Morgan fingerprint density at radius 2 is 1.31 bits per heavy atom. The van der Waals surface area contributed by atoms with Crippen molar-refractivity contribution in [3.63, 3.8) is 0 Å². The van der Waals surface area contributed by atoms with Gasteiger partial charge in [-0.15, -0.1) is 0 Å². The van der Waals surface area contributed by atoms with E-state index in [9.17, 15) is 18.0 Å². The number of carbonyl (C=O) groups is 1. The van der Waals surface area contributed by atoms with E-state index in [1.807, 2.05) is 84.9 Å². The molecule has 1 unspecified atom stereocenters. The Balaban J connectivity index is 1.48. The predicted molar refractivity (Wildman–Crippen MR) is 131 cm³/mol. The first kappa shape index (κ1) is 24.1. The minimum Gasteiger partial charge on any atom is -0.457 e. The van der Waals surface area contributed by atoms with Crippen molar-refractivity contribution in [3.8, 4) is 11.5 Å². The van der Waals surface area contributed by atoms with Gasteiger partial charge in [0.05, 0.1) is 5.56 Å². The largest absolute Gasteiger partial charge is 0.457 e. The van der Waals surface area contributed by atoms with Crippen LogP contribution in [0.4, 0.5) is 18.9 Å². The Kier molecular flexibility index (Phi) is 7.51. The lowest BCUT2D eigenvalue weighted by Gasteiger charge is -2.18. The van der Waals surface area contributed by atoms with Crippen LogP contribution in [-0.2, 0) is 17.4 Å². The fourth-order valence-corrected chi connectivity index (χ4v) is 3.82. The van der Waals surface area contributed by atoms with E-state index >= 15 is 0 Å². The molecule has 4 rings (SSSR count). The smallest absolute Gasteiger partial charge is 0.416 e. The van der Waals surface area contributed by atoms with Crippen LogP contribution in [0.1, 0.15) is 29.0 Å². The first-order chi connectivity index (χ1) is 16.9. The van der Waals surface area contributed by atoms with E-state index in [-0.39, 0.29) is 18.2 Å². The van der Waals surface area contributed by atoms with E-state index in [1.54, 1.807) is 0 Å². The highest BCUT2D eigenvalue weighted by Crippen LogP contribution is 2.31. The molecule has 35 heavy (non-hydrogen) atoms. The van der Waals surface area contributed by atoms with Gasteiger partial charge in [0.1, 0.15) is 11.5 Å². The normalized spacial score (nSPS) is 12.1. The summed E-state index contributed by atoms with van der Waals surface area (Å²) in [6, 6.07) is 31.4. The molecule has 0 aliphatic rings. The number of carbonyl (C=O) groups excluding carboxylic acids is 1. The molecule has 0 aliphatic carbocycles. The van der Waals surface area contributed by atoms with Gasteiger partial charge in [0.2, 0.25) is 5.91 Å². The minimum absolute atomic E-state index is 0.127. The molecule has 0 aliphatic heterocycles. The summed E-state index contributed by atoms with van der Waals surface area (Å²) in [6.07, 6.45) is -3.60. The molecule has 3 nitrogen and oxygen atoms in total. The molecule has 0 radical (unpaired) electrons. The van der Waals surface area contributed by atoms with Crippen molar-refractivity contribution in [2.45, 2.75) is 24.9 Å². The van der Waals surface area contributed by atoms with Gasteiger partial charge in [0, 0.05) is 12.1 Å². The number of alkyl halides is 3. The van der Waals surface area contributed by atoms with E-state index < -0.39 is 11.7 Å². The maximum absolute atomic E-state index is 12.8. The van der Waals surface area contributed by atoms with Gasteiger partial charge < -0.3 is 10.1 Å². The first-order valence-electron chi connectivity index (χ1n) is 11.2. The van der Waals surface area contributed by atoms with Crippen LogP contribution in [0.25, 0.3) is 0 Å². The monoisotopic (exact) mass is 475 g/mol. The van der Waals surface area contributed by atoms with Crippen LogP contribution < -0.4 is 10.1 Å². The zero-order chi connectivity index (χ0) is 24.7. The maximum atomic E-state index is 12.8. The predicted octanol–water partition coefficient (Wildman–Crippen LogP) is 7.85. The van der Waals surface area contributed by atoms with Crippen LogP contribution in [0.2, 0.25) is 0 Å². The number of benzene rings is 4. The lowest BCUT2D eigenvalue weighted by molar-refractivity contribution is -0.137. The van der Waals surface area contributed by atoms with Crippen molar-refractivity contribution in [1.29, 1.82) is 0 Å². The fraction of sp³-hybridized carbons (Fsp3) is 0.138. The van der Waals surface area contributed by atoms with Crippen molar-refractivity contribution in [2.75, 3.05) is 5.32 Å². The Labute approximate surface area is 202 Å². The van der Waals surface area contributed by atoms with Crippen molar-refractivity contribution in [1.82, 2.24) is 0 Å². The topological polar surface area (TPSA) is 38.3 Å². The zero-order valence-corrected chi connectivity index (χ0v) is 18.8. The molecule has 6 heteroatoms. The molecule has 1 amide bonds. The van der Waals surface area contributed by atoms with Crippen LogP contribution in [0.3, 0.4) is 0 Å². The van der Waals surface area contributed by atoms with Gasteiger partial charge in [0.15, 0.2) is 0 Å². The fourth-order valence-electron chi connectivity index (χ4n) is 3.82. The van der Waals surface area contributed by atoms with Crippen molar-refractivity contribution >= 4 is 11.6 Å². The number of anilines is 1. The van der Waals surface area contributed by atoms with Gasteiger partial charge in [-0.3, -0.25) is 4.79 Å². The summed E-state index contributed by atoms with van der Waals surface area (Å²) in [6.45, 7) is 0. The average Bonchev–Trinajstić information content (AvgIpc) is 2.85. The number of hydrogen-bond acceptors (Lipinski definition) is 2. The molecule has 4 aromatic rings. The van der Waals surface area contributed by atoms with Crippen molar-refractivity contribution < 1.29 is 22.7 Å². The van der Waals surface area contributed by atoms with E-state index in [0.717, 1.165) is 29.0 Å². The quantitative estimate of drug-likeness (QED) is 0.282. The lowest BCUT2D eigenvalue weighted by Crippen LogP contribution is -2.17. The summed E-state index contributed by atoms with van der Waals surface area (Å²) in [5.74, 6) is 1.03. The lowest BCUT2D eigenvalue weighted by atomic mass is 9.89. The first-order valence-corrected chi connectivity index (χ1v) is 11.2. The third-order valence-electron chi connectivity index (χ3n) is 5.58. The minimum atomic E-state index is -4.42. The van der Waals surface area contributed by atoms with E-state index in [2.05, 4.69) is 5.32 Å². The van der Waals surface area contributed by atoms with Gasteiger partial charge in [-0.1, -0.05) is 60.7 Å². The van der Waals surface area contributed by atoms with Crippen LogP contribution in [0.5, 0.6) is 11.5 Å². The molecule has 0 bridgehead atoms. The molecule has 4 aromatic carbocycles. The Bertz CT molecular complexity index is 1220. The molecule has 0 heterocycles. The second-order valence-corrected chi connectivity index (χ2v) is 8.20. The maximum Gasteiger partial charge on any atom is 0.416 e. The second-order valence-electron chi connectivity index (χ2n) is 8.20. The number of amides is 1. The van der Waals surface area contributed by atoms with Crippen LogP contribution >= 0.6 is 0 Å². The van der Waals surface area contributed by atoms with Crippen molar-refractivity contribution in [2.24, 2.45) is 0 Å². The SMILES string of the molecule is O=C(CC(Cc1ccccc1)c1ccc(Oc2ccccc2)cc1)Nc1ccc(C(F)(F)F)cc1. The third-order valence-corrected chi connectivity index (χ3v) is 5.58. The van der Waals surface area contributed by atoms with E-state index in [4.69, 9.17) is 4.74 Å².